The SMILES string of the molecule is CC[C@H](N)c1nc(C2CC3CCC(C2)N3C)no1. The van der Waals surface area contributed by atoms with E-state index in [-0.39, 0.29) is 6.04 Å². The van der Waals surface area contributed by atoms with Gasteiger partial charge in [0.15, 0.2) is 5.82 Å². The largest absolute Gasteiger partial charge is 0.338 e. The fourth-order valence-corrected chi connectivity index (χ4v) is 3.36. The molecule has 2 aliphatic heterocycles. The van der Waals surface area contributed by atoms with Gasteiger partial charge in [0.05, 0.1) is 6.04 Å². The molecule has 18 heavy (non-hydrogen) atoms. The smallest absolute Gasteiger partial charge is 0.243 e. The lowest BCUT2D eigenvalue weighted by Gasteiger charge is -2.34. The predicted octanol–water partition coefficient (Wildman–Crippen LogP) is 1.82. The quantitative estimate of drug-likeness (QED) is 0.886. The molecule has 3 atom stereocenters. The molecule has 3 rings (SSSR count). The van der Waals surface area contributed by atoms with Crippen molar-refractivity contribution in [2.24, 2.45) is 5.73 Å². The number of rotatable bonds is 3. The third-order valence-corrected chi connectivity index (χ3v) is 4.68. The second-order valence-corrected chi connectivity index (χ2v) is 5.72. The van der Waals surface area contributed by atoms with E-state index in [1.165, 1.54) is 12.8 Å². The third kappa shape index (κ3) is 1.95. The average Bonchev–Trinajstić information content (AvgIpc) is 2.92. The van der Waals surface area contributed by atoms with Crippen molar-refractivity contribution in [2.75, 3.05) is 7.05 Å². The van der Waals surface area contributed by atoms with Crippen LogP contribution in [0.2, 0.25) is 0 Å². The van der Waals surface area contributed by atoms with E-state index in [9.17, 15) is 0 Å². The van der Waals surface area contributed by atoms with E-state index < -0.39 is 0 Å². The molecule has 5 heteroatoms. The molecule has 0 aliphatic carbocycles. The standard InChI is InChI=1S/C13H22N4O/c1-3-11(14)13-15-12(16-18-13)8-6-9-4-5-10(7-8)17(9)2/h8-11H,3-7,14H2,1-2H3/t8?,9?,10?,11-/m0/s1. The minimum absolute atomic E-state index is 0.116. The summed E-state index contributed by atoms with van der Waals surface area (Å²) >= 11 is 0. The second kappa shape index (κ2) is 4.63. The first-order valence-corrected chi connectivity index (χ1v) is 7.00. The molecule has 100 valence electrons. The van der Waals surface area contributed by atoms with Gasteiger partial charge in [-0.25, -0.2) is 0 Å². The van der Waals surface area contributed by atoms with Crippen LogP contribution in [0.15, 0.2) is 4.52 Å². The maximum Gasteiger partial charge on any atom is 0.243 e. The predicted molar refractivity (Wildman–Crippen MR) is 68.1 cm³/mol. The summed E-state index contributed by atoms with van der Waals surface area (Å²) in [6, 6.07) is 1.29. The van der Waals surface area contributed by atoms with Crippen molar-refractivity contribution in [3.8, 4) is 0 Å². The molecule has 0 spiro atoms. The molecule has 0 amide bonds. The van der Waals surface area contributed by atoms with E-state index in [4.69, 9.17) is 10.3 Å². The Hall–Kier alpha value is -0.940. The molecule has 2 bridgehead atoms. The van der Waals surface area contributed by atoms with Crippen LogP contribution in [0.25, 0.3) is 0 Å². The molecule has 2 N–H and O–H groups in total. The topological polar surface area (TPSA) is 68.2 Å². The second-order valence-electron chi connectivity index (χ2n) is 5.72. The molecule has 2 fully saturated rings. The van der Waals surface area contributed by atoms with E-state index in [0.717, 1.165) is 25.1 Å². The van der Waals surface area contributed by atoms with Crippen LogP contribution in [0.1, 0.15) is 62.7 Å². The van der Waals surface area contributed by atoms with Crippen LogP contribution in [0.3, 0.4) is 0 Å². The van der Waals surface area contributed by atoms with Crippen LogP contribution >= 0.6 is 0 Å². The maximum absolute atomic E-state index is 5.92. The van der Waals surface area contributed by atoms with Crippen LogP contribution in [0.4, 0.5) is 0 Å². The summed E-state index contributed by atoms with van der Waals surface area (Å²) in [5.74, 6) is 1.93. The van der Waals surface area contributed by atoms with E-state index >= 15 is 0 Å². The molecule has 0 aromatic carbocycles. The fourth-order valence-electron chi connectivity index (χ4n) is 3.36. The van der Waals surface area contributed by atoms with Crippen LogP contribution in [-0.2, 0) is 0 Å². The van der Waals surface area contributed by atoms with Crippen molar-refractivity contribution in [3.05, 3.63) is 11.7 Å². The molecule has 0 radical (unpaired) electrons. The zero-order chi connectivity index (χ0) is 12.7. The van der Waals surface area contributed by atoms with Gasteiger partial charge in [-0.05, 0) is 39.2 Å². The highest BCUT2D eigenvalue weighted by Gasteiger charge is 2.40. The Morgan fingerprint density at radius 3 is 2.67 bits per heavy atom. The van der Waals surface area contributed by atoms with Crippen LogP contribution in [-0.4, -0.2) is 34.2 Å². The molecule has 1 aromatic heterocycles. The summed E-state index contributed by atoms with van der Waals surface area (Å²) in [6.45, 7) is 2.03. The van der Waals surface area contributed by atoms with Crippen LogP contribution in [0, 0.1) is 0 Å². The van der Waals surface area contributed by atoms with Gasteiger partial charge in [-0.15, -0.1) is 0 Å². The first kappa shape index (κ1) is 12.1. The highest BCUT2D eigenvalue weighted by atomic mass is 16.5. The Morgan fingerprint density at radius 2 is 2.06 bits per heavy atom. The average molecular weight is 250 g/mol. The van der Waals surface area contributed by atoms with E-state index in [1.807, 2.05) is 6.92 Å². The molecule has 1 aromatic rings. The van der Waals surface area contributed by atoms with Crippen molar-refractivity contribution >= 4 is 0 Å². The fraction of sp³-hybridized carbons (Fsp3) is 0.846. The number of nitrogens with two attached hydrogens (primary N) is 1. The van der Waals surface area contributed by atoms with Crippen molar-refractivity contribution in [1.82, 2.24) is 15.0 Å². The summed E-state index contributed by atoms with van der Waals surface area (Å²) in [5.41, 5.74) is 5.92. The molecule has 0 saturated carbocycles. The number of hydrogen-bond acceptors (Lipinski definition) is 5. The highest BCUT2D eigenvalue weighted by molar-refractivity contribution is 5.06. The minimum Gasteiger partial charge on any atom is -0.338 e. The Morgan fingerprint density at radius 1 is 1.39 bits per heavy atom. The van der Waals surface area contributed by atoms with Gasteiger partial charge in [0.25, 0.3) is 0 Å². The number of piperidine rings is 1. The van der Waals surface area contributed by atoms with Gasteiger partial charge in [-0.3, -0.25) is 0 Å². The lowest BCUT2D eigenvalue weighted by Crippen LogP contribution is -2.39. The Kier molecular flexibility index (Phi) is 3.11. The van der Waals surface area contributed by atoms with Crippen LogP contribution < -0.4 is 5.73 Å². The summed E-state index contributed by atoms with van der Waals surface area (Å²) in [5, 5.41) is 4.15. The summed E-state index contributed by atoms with van der Waals surface area (Å²) in [4.78, 5) is 7.03. The molecule has 3 heterocycles. The van der Waals surface area contributed by atoms with E-state index in [1.54, 1.807) is 0 Å². The van der Waals surface area contributed by atoms with Crippen molar-refractivity contribution in [2.45, 2.75) is 63.1 Å². The highest BCUT2D eigenvalue weighted by Crippen LogP contribution is 2.41. The summed E-state index contributed by atoms with van der Waals surface area (Å²) < 4.78 is 5.29. The zero-order valence-electron chi connectivity index (χ0n) is 11.2. The van der Waals surface area contributed by atoms with Gasteiger partial charge in [-0.2, -0.15) is 4.98 Å². The lowest BCUT2D eigenvalue weighted by molar-refractivity contribution is 0.157. The van der Waals surface area contributed by atoms with E-state index in [2.05, 4.69) is 22.1 Å². The maximum atomic E-state index is 5.92. The Balaban J connectivity index is 1.74. The van der Waals surface area contributed by atoms with Gasteiger partial charge in [-0.1, -0.05) is 12.1 Å². The van der Waals surface area contributed by atoms with E-state index in [0.29, 0.717) is 23.9 Å². The summed E-state index contributed by atoms with van der Waals surface area (Å²) in [7, 11) is 2.24. The molecule has 2 saturated heterocycles. The Labute approximate surface area is 108 Å². The van der Waals surface area contributed by atoms with Gasteiger partial charge < -0.3 is 15.2 Å². The van der Waals surface area contributed by atoms with Crippen molar-refractivity contribution < 1.29 is 4.52 Å². The van der Waals surface area contributed by atoms with Gasteiger partial charge in [0.1, 0.15) is 0 Å². The molecule has 2 aliphatic rings. The van der Waals surface area contributed by atoms with Gasteiger partial charge >= 0.3 is 0 Å². The van der Waals surface area contributed by atoms with Crippen LogP contribution in [0.5, 0.6) is 0 Å². The molecular formula is C13H22N4O. The normalized spacial score (nSPS) is 33.8. The van der Waals surface area contributed by atoms with Crippen molar-refractivity contribution in [1.29, 1.82) is 0 Å². The number of nitrogens with zero attached hydrogens (tertiary/aromatic N) is 3. The number of hydrogen-bond donors (Lipinski definition) is 1. The summed E-state index contributed by atoms with van der Waals surface area (Å²) in [6.07, 6.45) is 5.79. The number of aromatic nitrogens is 2. The molecule has 2 unspecified atom stereocenters. The van der Waals surface area contributed by atoms with Gasteiger partial charge in [0.2, 0.25) is 5.89 Å². The number of fused-ring (bicyclic) bond motifs is 2. The monoisotopic (exact) mass is 250 g/mol. The third-order valence-electron chi connectivity index (χ3n) is 4.68. The lowest BCUT2D eigenvalue weighted by atomic mass is 9.90. The first-order chi connectivity index (χ1) is 8.69. The first-order valence-electron chi connectivity index (χ1n) is 7.00. The minimum atomic E-state index is -0.116. The Bertz CT molecular complexity index is 405. The zero-order valence-corrected chi connectivity index (χ0v) is 11.2. The van der Waals surface area contributed by atoms with Gasteiger partial charge in [0, 0.05) is 18.0 Å². The van der Waals surface area contributed by atoms with Crippen molar-refractivity contribution in [3.63, 3.8) is 0 Å². The molecular weight excluding hydrogens is 228 g/mol. The molecule has 5 nitrogen and oxygen atoms in total.